The number of amides is 1. The van der Waals surface area contributed by atoms with Crippen molar-refractivity contribution in [3.8, 4) is 0 Å². The molecule has 0 bridgehead atoms. The van der Waals surface area contributed by atoms with Crippen LogP contribution in [0.15, 0.2) is 24.3 Å². The Hall–Kier alpha value is -1.53. The van der Waals surface area contributed by atoms with Gasteiger partial charge in [0.1, 0.15) is 5.60 Å². The van der Waals surface area contributed by atoms with Gasteiger partial charge in [0.2, 0.25) is 0 Å². The molecule has 26 heavy (non-hydrogen) atoms. The summed E-state index contributed by atoms with van der Waals surface area (Å²) in [6.07, 6.45) is 1.65. The minimum atomic E-state index is -0.495. The van der Waals surface area contributed by atoms with Crippen LogP contribution in [0.5, 0.6) is 0 Å². The van der Waals surface area contributed by atoms with Gasteiger partial charge < -0.3 is 18.9 Å². The van der Waals surface area contributed by atoms with Gasteiger partial charge in [-0.25, -0.2) is 4.79 Å². The summed E-state index contributed by atoms with van der Waals surface area (Å²) >= 11 is 0. The van der Waals surface area contributed by atoms with Gasteiger partial charge in [0, 0.05) is 25.2 Å². The SMILES string of the molecule is CC1(C)COB(c2ccccc2[C@@H]2CCCN2C(=O)OC(C)(C)C)OC1. The van der Waals surface area contributed by atoms with Crippen molar-refractivity contribution in [3.63, 3.8) is 0 Å². The van der Waals surface area contributed by atoms with E-state index in [0.29, 0.717) is 19.8 Å². The molecule has 0 N–H and O–H groups in total. The summed E-state index contributed by atoms with van der Waals surface area (Å²) in [4.78, 5) is 14.5. The summed E-state index contributed by atoms with van der Waals surface area (Å²) in [5.41, 5.74) is 1.65. The molecule has 1 atom stereocenters. The summed E-state index contributed by atoms with van der Waals surface area (Å²) in [5, 5.41) is 0. The number of ether oxygens (including phenoxy) is 1. The molecule has 2 fully saturated rings. The third kappa shape index (κ3) is 4.41. The molecule has 6 heteroatoms. The van der Waals surface area contributed by atoms with Gasteiger partial charge in [-0.3, -0.25) is 0 Å². The van der Waals surface area contributed by atoms with Crippen molar-refractivity contribution < 1.29 is 18.8 Å². The van der Waals surface area contributed by atoms with E-state index in [9.17, 15) is 4.79 Å². The average molecular weight is 359 g/mol. The van der Waals surface area contributed by atoms with Crippen LogP contribution in [0.25, 0.3) is 0 Å². The zero-order chi connectivity index (χ0) is 18.9. The van der Waals surface area contributed by atoms with Crippen LogP contribution in [-0.4, -0.2) is 43.5 Å². The van der Waals surface area contributed by atoms with Gasteiger partial charge in [-0.2, -0.15) is 0 Å². The normalized spacial score (nSPS) is 23.2. The number of benzene rings is 1. The zero-order valence-corrected chi connectivity index (χ0v) is 16.6. The van der Waals surface area contributed by atoms with Crippen LogP contribution in [-0.2, 0) is 14.0 Å². The molecule has 1 aromatic carbocycles. The standard InChI is InChI=1S/C20H30BNO4/c1-19(2,3)26-18(23)22-12-8-11-17(22)15-9-6-7-10-16(15)21-24-13-20(4,5)14-25-21/h6-7,9-10,17H,8,11-14H2,1-5H3/t17-/m0/s1. The molecule has 2 aliphatic rings. The Morgan fingerprint density at radius 3 is 2.54 bits per heavy atom. The van der Waals surface area contributed by atoms with Crippen molar-refractivity contribution in [2.45, 2.75) is 59.1 Å². The highest BCUT2D eigenvalue weighted by Gasteiger charge is 2.39. The molecular weight excluding hydrogens is 329 g/mol. The lowest BCUT2D eigenvalue weighted by Gasteiger charge is -2.35. The second-order valence-corrected chi connectivity index (χ2v) is 9.08. The topological polar surface area (TPSA) is 48.0 Å². The minimum Gasteiger partial charge on any atom is -0.444 e. The predicted molar refractivity (Wildman–Crippen MR) is 102 cm³/mol. The summed E-state index contributed by atoms with van der Waals surface area (Å²) in [5.74, 6) is 0. The highest BCUT2D eigenvalue weighted by atomic mass is 16.6. The number of rotatable bonds is 2. The van der Waals surface area contributed by atoms with E-state index in [2.05, 4.69) is 19.9 Å². The maximum atomic E-state index is 12.7. The Bertz CT molecular complexity index is 645. The summed E-state index contributed by atoms with van der Waals surface area (Å²) in [6.45, 7) is 12.0. The number of likely N-dealkylation sites (tertiary alicyclic amines) is 1. The molecule has 0 unspecified atom stereocenters. The molecule has 0 radical (unpaired) electrons. The molecule has 0 spiro atoms. The number of hydrogen-bond donors (Lipinski definition) is 0. The lowest BCUT2D eigenvalue weighted by atomic mass is 9.72. The Morgan fingerprint density at radius 2 is 1.88 bits per heavy atom. The molecule has 2 saturated heterocycles. The summed E-state index contributed by atoms with van der Waals surface area (Å²) < 4.78 is 17.6. The number of hydrogen-bond acceptors (Lipinski definition) is 4. The van der Waals surface area contributed by atoms with Gasteiger partial charge in [0.15, 0.2) is 0 Å². The largest absolute Gasteiger partial charge is 0.494 e. The first kappa shape index (κ1) is 19.2. The van der Waals surface area contributed by atoms with Crippen LogP contribution in [0.3, 0.4) is 0 Å². The van der Waals surface area contributed by atoms with Crippen LogP contribution < -0.4 is 5.46 Å². The van der Waals surface area contributed by atoms with E-state index < -0.39 is 5.60 Å². The smallest absolute Gasteiger partial charge is 0.444 e. The minimum absolute atomic E-state index is 0.00295. The first-order valence-corrected chi connectivity index (χ1v) is 9.48. The fourth-order valence-electron chi connectivity index (χ4n) is 3.53. The second kappa shape index (κ2) is 7.24. The van der Waals surface area contributed by atoms with Gasteiger partial charge in [-0.1, -0.05) is 38.1 Å². The van der Waals surface area contributed by atoms with Crippen molar-refractivity contribution in [1.82, 2.24) is 4.90 Å². The highest BCUT2D eigenvalue weighted by molar-refractivity contribution is 6.62. The van der Waals surface area contributed by atoms with E-state index in [1.807, 2.05) is 43.9 Å². The molecule has 2 heterocycles. The maximum Gasteiger partial charge on any atom is 0.494 e. The monoisotopic (exact) mass is 359 g/mol. The Kier molecular flexibility index (Phi) is 5.36. The summed E-state index contributed by atoms with van der Waals surface area (Å²) in [6, 6.07) is 8.14. The first-order chi connectivity index (χ1) is 12.2. The van der Waals surface area contributed by atoms with Gasteiger partial charge in [0.05, 0.1) is 6.04 Å². The average Bonchev–Trinajstić information content (AvgIpc) is 3.03. The molecule has 1 amide bonds. The fraction of sp³-hybridized carbons (Fsp3) is 0.650. The van der Waals surface area contributed by atoms with E-state index >= 15 is 0 Å². The maximum absolute atomic E-state index is 12.7. The first-order valence-electron chi connectivity index (χ1n) is 9.48. The molecule has 5 nitrogen and oxygen atoms in total. The van der Waals surface area contributed by atoms with Crippen LogP contribution in [0.1, 0.15) is 59.1 Å². The van der Waals surface area contributed by atoms with Crippen molar-refractivity contribution in [2.24, 2.45) is 5.41 Å². The van der Waals surface area contributed by atoms with Crippen molar-refractivity contribution in [2.75, 3.05) is 19.8 Å². The quantitative estimate of drug-likeness (QED) is 0.758. The number of carbonyl (C=O) groups is 1. The van der Waals surface area contributed by atoms with E-state index in [0.717, 1.165) is 23.9 Å². The molecule has 3 rings (SSSR count). The molecular formula is C20H30BNO4. The van der Waals surface area contributed by atoms with Crippen LogP contribution in [0, 0.1) is 5.41 Å². The molecule has 142 valence electrons. The number of carbonyl (C=O) groups excluding carboxylic acids is 1. The third-order valence-electron chi connectivity index (χ3n) is 4.74. The van der Waals surface area contributed by atoms with E-state index in [4.69, 9.17) is 14.0 Å². The molecule has 0 saturated carbocycles. The van der Waals surface area contributed by atoms with Gasteiger partial charge in [0.25, 0.3) is 0 Å². The zero-order valence-electron chi connectivity index (χ0n) is 16.6. The Labute approximate surface area is 157 Å². The Balaban J connectivity index is 1.82. The van der Waals surface area contributed by atoms with Crippen LogP contribution >= 0.6 is 0 Å². The van der Waals surface area contributed by atoms with Crippen LogP contribution in [0.2, 0.25) is 0 Å². The third-order valence-corrected chi connectivity index (χ3v) is 4.74. The van der Waals surface area contributed by atoms with E-state index in [-0.39, 0.29) is 24.7 Å². The van der Waals surface area contributed by atoms with Gasteiger partial charge in [-0.05, 0) is 44.6 Å². The Morgan fingerprint density at radius 1 is 1.23 bits per heavy atom. The van der Waals surface area contributed by atoms with E-state index in [1.165, 1.54) is 0 Å². The van der Waals surface area contributed by atoms with Gasteiger partial charge >= 0.3 is 13.2 Å². The van der Waals surface area contributed by atoms with Crippen molar-refractivity contribution in [3.05, 3.63) is 29.8 Å². The highest BCUT2D eigenvalue weighted by Crippen LogP contribution is 2.33. The van der Waals surface area contributed by atoms with Crippen LogP contribution in [0.4, 0.5) is 4.79 Å². The van der Waals surface area contributed by atoms with E-state index in [1.54, 1.807) is 0 Å². The fourth-order valence-corrected chi connectivity index (χ4v) is 3.53. The molecule has 2 aliphatic heterocycles. The molecule has 0 aromatic heterocycles. The molecule has 1 aromatic rings. The summed E-state index contributed by atoms with van der Waals surface area (Å²) in [7, 11) is -0.375. The predicted octanol–water partition coefficient (Wildman–Crippen LogP) is 3.53. The van der Waals surface area contributed by atoms with Crippen molar-refractivity contribution >= 4 is 18.7 Å². The second-order valence-electron chi connectivity index (χ2n) is 9.08. The lowest BCUT2D eigenvalue weighted by Crippen LogP contribution is -2.49. The molecule has 0 aliphatic carbocycles. The lowest BCUT2D eigenvalue weighted by molar-refractivity contribution is 0.0221. The number of nitrogens with zero attached hydrogens (tertiary/aromatic N) is 1. The van der Waals surface area contributed by atoms with Crippen molar-refractivity contribution in [1.29, 1.82) is 0 Å². The van der Waals surface area contributed by atoms with Gasteiger partial charge in [-0.15, -0.1) is 0 Å².